The zero-order valence-electron chi connectivity index (χ0n) is 11.3. The molecule has 1 aromatic carbocycles. The van der Waals surface area contributed by atoms with Crippen molar-refractivity contribution in [3.05, 3.63) is 35.4 Å². The Morgan fingerprint density at radius 3 is 2.55 bits per heavy atom. The molecule has 1 aromatic rings. The van der Waals surface area contributed by atoms with Crippen LogP contribution in [0.3, 0.4) is 0 Å². The summed E-state index contributed by atoms with van der Waals surface area (Å²) < 4.78 is 26.4. The van der Waals surface area contributed by atoms with Gasteiger partial charge in [-0.05, 0) is 24.1 Å². The van der Waals surface area contributed by atoms with Crippen LogP contribution in [0, 0.1) is 17.6 Å². The molecule has 1 amide bonds. The fraction of sp³-hybridized carbons (Fsp3) is 0.429. The zero-order chi connectivity index (χ0) is 15.3. The molecule has 4 nitrogen and oxygen atoms in total. The second-order valence-corrected chi connectivity index (χ2v) is 4.68. The fourth-order valence-electron chi connectivity index (χ4n) is 1.76. The summed E-state index contributed by atoms with van der Waals surface area (Å²) in [6.07, 6.45) is 0.176. The third kappa shape index (κ3) is 4.29. The molecule has 2 N–H and O–H groups in total. The Balaban J connectivity index is 2.75. The SMILES string of the molecule is CCC(C)C(NC(=O)Cc1cc(F)ccc1F)C(=O)O. The van der Waals surface area contributed by atoms with Crippen LogP contribution in [0.2, 0.25) is 0 Å². The second-order valence-electron chi connectivity index (χ2n) is 4.68. The van der Waals surface area contributed by atoms with Gasteiger partial charge >= 0.3 is 5.97 Å². The van der Waals surface area contributed by atoms with Gasteiger partial charge < -0.3 is 10.4 Å². The summed E-state index contributed by atoms with van der Waals surface area (Å²) in [5.41, 5.74) is -0.101. The van der Waals surface area contributed by atoms with Gasteiger partial charge in [-0.1, -0.05) is 20.3 Å². The lowest BCUT2D eigenvalue weighted by Crippen LogP contribution is -2.45. The summed E-state index contributed by atoms with van der Waals surface area (Å²) in [5.74, 6) is -3.40. The van der Waals surface area contributed by atoms with Gasteiger partial charge in [-0.2, -0.15) is 0 Å². The lowest BCUT2D eigenvalue weighted by molar-refractivity contribution is -0.143. The van der Waals surface area contributed by atoms with Gasteiger partial charge in [0.15, 0.2) is 0 Å². The Kier molecular flexibility index (Phi) is 5.61. The Morgan fingerprint density at radius 1 is 1.35 bits per heavy atom. The first-order chi connectivity index (χ1) is 9.35. The van der Waals surface area contributed by atoms with Crippen LogP contribution in [0.1, 0.15) is 25.8 Å². The molecule has 0 aliphatic carbocycles. The van der Waals surface area contributed by atoms with Gasteiger partial charge in [-0.3, -0.25) is 4.79 Å². The van der Waals surface area contributed by atoms with Gasteiger partial charge in [-0.15, -0.1) is 0 Å². The molecule has 2 unspecified atom stereocenters. The molecule has 0 aliphatic rings. The number of carbonyl (C=O) groups is 2. The standard InChI is InChI=1S/C14H17F2NO3/c1-3-8(2)13(14(19)20)17-12(18)7-9-6-10(15)4-5-11(9)16/h4-6,8,13H,3,7H2,1-2H3,(H,17,18)(H,19,20). The minimum absolute atomic E-state index is 0.101. The number of hydrogen-bond acceptors (Lipinski definition) is 2. The van der Waals surface area contributed by atoms with E-state index in [1.54, 1.807) is 13.8 Å². The van der Waals surface area contributed by atoms with Gasteiger partial charge in [0.2, 0.25) is 5.91 Å². The lowest BCUT2D eigenvalue weighted by atomic mass is 9.99. The maximum absolute atomic E-state index is 13.4. The number of carboxylic acids is 1. The van der Waals surface area contributed by atoms with E-state index in [-0.39, 0.29) is 11.5 Å². The fourth-order valence-corrected chi connectivity index (χ4v) is 1.76. The van der Waals surface area contributed by atoms with Crippen LogP contribution in [0.5, 0.6) is 0 Å². The number of rotatable bonds is 6. The minimum Gasteiger partial charge on any atom is -0.480 e. The van der Waals surface area contributed by atoms with E-state index in [1.165, 1.54) is 0 Å². The molecule has 0 spiro atoms. The summed E-state index contributed by atoms with van der Waals surface area (Å²) in [7, 11) is 0. The van der Waals surface area contributed by atoms with Gasteiger partial charge in [-0.25, -0.2) is 13.6 Å². The van der Waals surface area contributed by atoms with Crippen molar-refractivity contribution < 1.29 is 23.5 Å². The first-order valence-corrected chi connectivity index (χ1v) is 6.31. The smallest absolute Gasteiger partial charge is 0.326 e. The van der Waals surface area contributed by atoms with Gasteiger partial charge in [0.05, 0.1) is 6.42 Å². The van der Waals surface area contributed by atoms with Crippen LogP contribution in [-0.2, 0) is 16.0 Å². The van der Waals surface area contributed by atoms with Crippen LogP contribution >= 0.6 is 0 Å². The van der Waals surface area contributed by atoms with Crippen molar-refractivity contribution in [2.45, 2.75) is 32.7 Å². The van der Waals surface area contributed by atoms with Gasteiger partial charge in [0.25, 0.3) is 0 Å². The predicted octanol–water partition coefficient (Wildman–Crippen LogP) is 2.12. The molecular formula is C14H17F2NO3. The molecule has 0 radical (unpaired) electrons. The molecule has 6 heteroatoms. The summed E-state index contributed by atoms with van der Waals surface area (Å²) in [4.78, 5) is 22.8. The largest absolute Gasteiger partial charge is 0.480 e. The number of nitrogens with one attached hydrogen (secondary N) is 1. The molecule has 2 atom stereocenters. The van der Waals surface area contributed by atoms with Crippen molar-refractivity contribution in [1.29, 1.82) is 0 Å². The Bertz CT molecular complexity index is 505. The normalized spacial score (nSPS) is 13.6. The molecule has 0 fully saturated rings. The molecule has 0 saturated heterocycles. The van der Waals surface area contributed by atoms with Crippen LogP contribution in [0.4, 0.5) is 8.78 Å². The lowest BCUT2D eigenvalue weighted by Gasteiger charge is -2.20. The van der Waals surface area contributed by atoms with E-state index in [1.807, 2.05) is 0 Å². The molecule has 0 heterocycles. The van der Waals surface area contributed by atoms with E-state index in [0.717, 1.165) is 18.2 Å². The average molecular weight is 285 g/mol. The number of aliphatic carboxylic acids is 1. The highest BCUT2D eigenvalue weighted by Gasteiger charge is 2.25. The topological polar surface area (TPSA) is 66.4 Å². The number of hydrogen-bond donors (Lipinski definition) is 2. The average Bonchev–Trinajstić information content (AvgIpc) is 2.39. The van der Waals surface area contributed by atoms with Crippen molar-refractivity contribution in [2.24, 2.45) is 5.92 Å². The van der Waals surface area contributed by atoms with E-state index >= 15 is 0 Å². The van der Waals surface area contributed by atoms with E-state index in [2.05, 4.69) is 5.32 Å². The van der Waals surface area contributed by atoms with Crippen molar-refractivity contribution >= 4 is 11.9 Å². The van der Waals surface area contributed by atoms with Crippen molar-refractivity contribution in [1.82, 2.24) is 5.32 Å². The number of amides is 1. The van der Waals surface area contributed by atoms with Gasteiger partial charge in [0, 0.05) is 5.56 Å². The maximum Gasteiger partial charge on any atom is 0.326 e. The van der Waals surface area contributed by atoms with Crippen LogP contribution in [0.15, 0.2) is 18.2 Å². The van der Waals surface area contributed by atoms with E-state index in [9.17, 15) is 18.4 Å². The van der Waals surface area contributed by atoms with Crippen LogP contribution in [0.25, 0.3) is 0 Å². The number of carbonyl (C=O) groups excluding carboxylic acids is 1. The number of benzene rings is 1. The highest BCUT2D eigenvalue weighted by atomic mass is 19.1. The summed E-state index contributed by atoms with van der Waals surface area (Å²) in [5, 5.41) is 11.4. The highest BCUT2D eigenvalue weighted by Crippen LogP contribution is 2.12. The van der Waals surface area contributed by atoms with E-state index in [0.29, 0.717) is 6.42 Å². The molecule has 0 saturated carbocycles. The van der Waals surface area contributed by atoms with Crippen molar-refractivity contribution in [2.75, 3.05) is 0 Å². The molecule has 20 heavy (non-hydrogen) atoms. The summed E-state index contributed by atoms with van der Waals surface area (Å²) in [6, 6.07) is 1.77. The highest BCUT2D eigenvalue weighted by molar-refractivity contribution is 5.85. The molecule has 1 rings (SSSR count). The van der Waals surface area contributed by atoms with E-state index in [4.69, 9.17) is 5.11 Å². The molecule has 0 aromatic heterocycles. The van der Waals surface area contributed by atoms with Crippen molar-refractivity contribution in [3.63, 3.8) is 0 Å². The first kappa shape index (κ1) is 16.1. The van der Waals surface area contributed by atoms with Crippen molar-refractivity contribution in [3.8, 4) is 0 Å². The maximum atomic E-state index is 13.4. The van der Waals surface area contributed by atoms with Gasteiger partial charge in [0.1, 0.15) is 17.7 Å². The number of carboxylic acid groups (broad SMARTS) is 1. The quantitative estimate of drug-likeness (QED) is 0.841. The molecule has 110 valence electrons. The zero-order valence-corrected chi connectivity index (χ0v) is 11.3. The number of halogens is 2. The summed E-state index contributed by atoms with van der Waals surface area (Å²) in [6.45, 7) is 3.50. The predicted molar refractivity (Wildman–Crippen MR) is 69.1 cm³/mol. The molecule has 0 aliphatic heterocycles. The molecule has 0 bridgehead atoms. The third-order valence-electron chi connectivity index (χ3n) is 3.15. The Morgan fingerprint density at radius 2 is 2.00 bits per heavy atom. The minimum atomic E-state index is -1.15. The summed E-state index contributed by atoms with van der Waals surface area (Å²) >= 11 is 0. The molecular weight excluding hydrogens is 268 g/mol. The van der Waals surface area contributed by atoms with Crippen LogP contribution in [-0.4, -0.2) is 23.0 Å². The Hall–Kier alpha value is -1.98. The third-order valence-corrected chi connectivity index (χ3v) is 3.15. The van der Waals surface area contributed by atoms with Crippen LogP contribution < -0.4 is 5.32 Å². The monoisotopic (exact) mass is 285 g/mol. The first-order valence-electron chi connectivity index (χ1n) is 6.31. The second kappa shape index (κ2) is 6.98. The Labute approximate surface area is 115 Å². The van der Waals surface area contributed by atoms with E-state index < -0.39 is 36.0 Å².